The zero-order valence-corrected chi connectivity index (χ0v) is 31.6. The van der Waals surface area contributed by atoms with Gasteiger partial charge in [-0.2, -0.15) is 0 Å². The highest BCUT2D eigenvalue weighted by Crippen LogP contribution is 2.24. The summed E-state index contributed by atoms with van der Waals surface area (Å²) in [6.07, 6.45) is -1.51. The summed E-state index contributed by atoms with van der Waals surface area (Å²) in [5, 5.41) is 18.2. The molecule has 0 radical (unpaired) electrons. The molecule has 53 heavy (non-hydrogen) atoms. The van der Waals surface area contributed by atoms with E-state index in [9.17, 15) is 37.8 Å². The van der Waals surface area contributed by atoms with Gasteiger partial charge in [0.05, 0.1) is 23.5 Å². The van der Waals surface area contributed by atoms with Crippen molar-refractivity contribution in [1.29, 1.82) is 0 Å². The van der Waals surface area contributed by atoms with Gasteiger partial charge >= 0.3 is 23.9 Å². The number of carboxylic acids is 2. The Bertz CT molecular complexity index is 1660. The minimum atomic E-state index is -3.11. The molecule has 14 heteroatoms. The Morgan fingerprint density at radius 3 is 1.60 bits per heavy atom. The lowest BCUT2D eigenvalue weighted by Gasteiger charge is -2.36. The Hall–Kier alpha value is -4.79. The third kappa shape index (κ3) is 12.7. The number of rotatable bonds is 16. The number of carbonyl (C=O) groups excluding carboxylic acids is 2. The van der Waals surface area contributed by atoms with Crippen LogP contribution in [0.1, 0.15) is 66.8 Å². The average Bonchev–Trinajstić information content (AvgIpc) is 3.16. The van der Waals surface area contributed by atoms with E-state index in [1.807, 2.05) is 12.1 Å². The van der Waals surface area contributed by atoms with Crippen molar-refractivity contribution in [2.24, 2.45) is 5.92 Å². The lowest BCUT2D eigenvalue weighted by atomic mass is 9.96. The summed E-state index contributed by atoms with van der Waals surface area (Å²) in [5.74, 6) is -4.17. The molecule has 0 spiro atoms. The SMILES string of the molecule is CCN(CC1CCN(S(=O)(=O)C(C)C)CC1)C(C)Cc1ccc(OC)cc1.O=C(O[C@@H](C(=O)O)[C@@H](OC(=O)c1ccccc1)C(=O)O)c1ccccc1. The van der Waals surface area contributed by atoms with E-state index in [1.54, 1.807) is 37.4 Å². The number of ether oxygens (including phenoxy) is 3. The van der Waals surface area contributed by atoms with Gasteiger partial charge < -0.3 is 29.3 Å². The molecule has 2 N–H and O–H groups in total. The van der Waals surface area contributed by atoms with Crippen molar-refractivity contribution in [2.75, 3.05) is 33.3 Å². The number of benzene rings is 3. The van der Waals surface area contributed by atoms with Gasteiger partial charge in [0.25, 0.3) is 0 Å². The van der Waals surface area contributed by atoms with Crippen LogP contribution >= 0.6 is 0 Å². The zero-order chi connectivity index (χ0) is 39.1. The molecule has 1 heterocycles. The number of methoxy groups -OCH3 is 1. The lowest BCUT2D eigenvalue weighted by Crippen LogP contribution is -2.45. The number of carbonyl (C=O) groups is 4. The van der Waals surface area contributed by atoms with Crippen LogP contribution in [0.3, 0.4) is 0 Å². The molecule has 3 atom stereocenters. The summed E-state index contributed by atoms with van der Waals surface area (Å²) in [6, 6.07) is 23.6. The van der Waals surface area contributed by atoms with Crippen LogP contribution in [0.25, 0.3) is 0 Å². The number of sulfonamides is 1. The van der Waals surface area contributed by atoms with Crippen molar-refractivity contribution in [3.8, 4) is 5.75 Å². The van der Waals surface area contributed by atoms with E-state index < -0.39 is 46.1 Å². The first-order valence-electron chi connectivity index (χ1n) is 17.5. The van der Waals surface area contributed by atoms with Crippen LogP contribution in [0.2, 0.25) is 0 Å². The molecule has 0 aliphatic carbocycles. The van der Waals surface area contributed by atoms with Gasteiger partial charge in [0.15, 0.2) is 0 Å². The molecule has 1 aliphatic heterocycles. The predicted molar refractivity (Wildman–Crippen MR) is 198 cm³/mol. The molecule has 0 aromatic heterocycles. The van der Waals surface area contributed by atoms with E-state index >= 15 is 0 Å². The second kappa shape index (κ2) is 20.5. The topological polar surface area (TPSA) is 177 Å². The van der Waals surface area contributed by atoms with E-state index in [4.69, 9.17) is 14.2 Å². The molecule has 13 nitrogen and oxygen atoms in total. The molecule has 288 valence electrons. The summed E-state index contributed by atoms with van der Waals surface area (Å²) in [5.41, 5.74) is 1.37. The van der Waals surface area contributed by atoms with Crippen molar-refractivity contribution >= 4 is 33.9 Å². The maximum Gasteiger partial charge on any atom is 0.349 e. The number of aliphatic carboxylic acids is 2. The van der Waals surface area contributed by atoms with Crippen LogP contribution in [0.4, 0.5) is 0 Å². The minimum Gasteiger partial charge on any atom is -0.497 e. The Balaban J connectivity index is 0.000000286. The molecule has 0 amide bonds. The second-order valence-electron chi connectivity index (χ2n) is 13.0. The zero-order valence-electron chi connectivity index (χ0n) is 30.8. The summed E-state index contributed by atoms with van der Waals surface area (Å²) in [6.45, 7) is 11.4. The van der Waals surface area contributed by atoms with Gasteiger partial charge in [0.1, 0.15) is 5.75 Å². The first kappa shape index (κ1) is 42.6. The fraction of sp³-hybridized carbons (Fsp3) is 0.436. The van der Waals surface area contributed by atoms with E-state index in [1.165, 1.54) is 54.1 Å². The summed E-state index contributed by atoms with van der Waals surface area (Å²) in [4.78, 5) is 49.4. The van der Waals surface area contributed by atoms with Gasteiger partial charge in [0, 0.05) is 25.7 Å². The second-order valence-corrected chi connectivity index (χ2v) is 15.5. The van der Waals surface area contributed by atoms with Crippen LogP contribution in [-0.4, -0.2) is 109 Å². The predicted octanol–water partition coefficient (Wildman–Crippen LogP) is 5.01. The van der Waals surface area contributed by atoms with Crippen LogP contribution in [0.15, 0.2) is 84.9 Å². The van der Waals surface area contributed by atoms with Gasteiger partial charge in [-0.25, -0.2) is 31.9 Å². The molecule has 1 fully saturated rings. The van der Waals surface area contributed by atoms with E-state index in [0.29, 0.717) is 25.0 Å². The number of likely N-dealkylation sites (N-methyl/N-ethyl adjacent to an activating group) is 1. The lowest BCUT2D eigenvalue weighted by molar-refractivity contribution is -0.166. The number of hydrogen-bond donors (Lipinski definition) is 2. The molecule has 3 aromatic carbocycles. The molecule has 0 bridgehead atoms. The van der Waals surface area contributed by atoms with Gasteiger partial charge in [-0.05, 0) is 94.5 Å². The van der Waals surface area contributed by atoms with Gasteiger partial charge in [0.2, 0.25) is 22.2 Å². The highest BCUT2D eigenvalue weighted by Gasteiger charge is 2.41. The molecule has 0 saturated carbocycles. The summed E-state index contributed by atoms with van der Waals surface area (Å²) in [7, 11) is -1.42. The maximum atomic E-state index is 12.3. The van der Waals surface area contributed by atoms with Gasteiger partial charge in [-0.3, -0.25) is 0 Å². The van der Waals surface area contributed by atoms with Crippen LogP contribution < -0.4 is 4.74 Å². The fourth-order valence-corrected chi connectivity index (χ4v) is 7.14. The maximum absolute atomic E-state index is 12.3. The quantitative estimate of drug-likeness (QED) is 0.187. The molecule has 1 unspecified atom stereocenters. The number of carboxylic acid groups (broad SMARTS) is 2. The Kier molecular flexibility index (Phi) is 16.4. The minimum absolute atomic E-state index is 0.0253. The molecular formula is C39H50N2O11S. The monoisotopic (exact) mass is 754 g/mol. The van der Waals surface area contributed by atoms with E-state index in [2.05, 4.69) is 30.9 Å². The third-order valence-corrected chi connectivity index (χ3v) is 11.3. The standard InChI is InChI=1S/C21H36N2O3S.C18H14O8/c1-6-22(18(4)15-19-7-9-21(26-5)10-8-19)16-20-11-13-23(14-12-20)27(24,25)17(2)3;19-15(20)13(25-17(23)11-7-3-1-4-8-11)14(16(21)22)26-18(24)12-9-5-2-6-10-12/h7-10,17-18,20H,6,11-16H2,1-5H3;1-10,13-14H,(H,19,20)(H,21,22)/t;13-,14-/m.1/s1. The van der Waals surface area contributed by atoms with E-state index in [0.717, 1.165) is 38.1 Å². The van der Waals surface area contributed by atoms with Crippen molar-refractivity contribution in [2.45, 2.75) is 70.5 Å². The molecule has 3 aromatic rings. The first-order chi connectivity index (χ1) is 25.2. The molecule has 4 rings (SSSR count). The van der Waals surface area contributed by atoms with Gasteiger partial charge in [-0.1, -0.05) is 55.5 Å². The molecular weight excluding hydrogens is 704 g/mol. The normalized spacial score (nSPS) is 15.4. The number of esters is 2. The third-order valence-electron chi connectivity index (χ3n) is 8.99. The highest BCUT2D eigenvalue weighted by molar-refractivity contribution is 7.89. The Morgan fingerprint density at radius 1 is 0.774 bits per heavy atom. The van der Waals surface area contributed by atoms with Crippen molar-refractivity contribution < 1.29 is 52.0 Å². The Morgan fingerprint density at radius 2 is 1.23 bits per heavy atom. The van der Waals surface area contributed by atoms with E-state index in [-0.39, 0.29) is 16.4 Å². The number of hydrogen-bond acceptors (Lipinski definition) is 10. The average molecular weight is 755 g/mol. The van der Waals surface area contributed by atoms with Crippen LogP contribution in [0.5, 0.6) is 5.75 Å². The number of nitrogens with zero attached hydrogens (tertiary/aromatic N) is 2. The molecule has 1 aliphatic rings. The number of piperidine rings is 1. The highest BCUT2D eigenvalue weighted by atomic mass is 32.2. The van der Waals surface area contributed by atoms with Gasteiger partial charge in [-0.15, -0.1) is 0 Å². The Labute approximate surface area is 311 Å². The smallest absolute Gasteiger partial charge is 0.349 e. The van der Waals surface area contributed by atoms with Crippen LogP contribution in [-0.2, 0) is 35.5 Å². The fourth-order valence-electron chi connectivity index (χ4n) is 5.83. The van der Waals surface area contributed by atoms with Crippen molar-refractivity contribution in [3.05, 3.63) is 102 Å². The first-order valence-corrected chi connectivity index (χ1v) is 19.0. The van der Waals surface area contributed by atoms with Crippen molar-refractivity contribution in [3.63, 3.8) is 0 Å². The van der Waals surface area contributed by atoms with Crippen LogP contribution in [0, 0.1) is 5.92 Å². The largest absolute Gasteiger partial charge is 0.497 e. The molecule has 1 saturated heterocycles. The summed E-state index contributed by atoms with van der Waals surface area (Å²) >= 11 is 0. The van der Waals surface area contributed by atoms with Crippen molar-refractivity contribution in [1.82, 2.24) is 9.21 Å². The summed E-state index contributed by atoms with van der Waals surface area (Å²) < 4.78 is 41.1.